The number of amides is 1. The number of carbonyl (C=O) groups excluding carboxylic acids is 2. The van der Waals surface area contributed by atoms with E-state index in [9.17, 15) is 14.7 Å². The lowest BCUT2D eigenvalue weighted by Crippen LogP contribution is -2.61. The summed E-state index contributed by atoms with van der Waals surface area (Å²) in [6.45, 7) is 13.6. The molecule has 2 N–H and O–H groups in total. The Kier molecular flexibility index (Phi) is 13.2. The molecular weight excluding hydrogens is 823 g/mol. The van der Waals surface area contributed by atoms with E-state index in [-0.39, 0.29) is 129 Å². The van der Waals surface area contributed by atoms with Crippen molar-refractivity contribution in [2.24, 2.45) is 11.8 Å². The zero-order valence-electron chi connectivity index (χ0n) is 37.8. The van der Waals surface area contributed by atoms with Gasteiger partial charge in [-0.05, 0) is 80.9 Å². The second-order valence-electron chi connectivity index (χ2n) is 20.5. The Bertz CT molecular complexity index is 1880. The number of ketones is 1. The maximum atomic E-state index is 14.3. The van der Waals surface area contributed by atoms with Crippen LogP contribution in [0.1, 0.15) is 108 Å². The number of aryl methyl sites for hydroxylation is 1. The summed E-state index contributed by atoms with van der Waals surface area (Å²) < 4.78 is 66.0. The summed E-state index contributed by atoms with van der Waals surface area (Å²) in [5.74, 6) is -0.795. The van der Waals surface area contributed by atoms with Gasteiger partial charge in [0.25, 0.3) is 0 Å². The fourth-order valence-electron chi connectivity index (χ4n) is 12.5. The second-order valence-corrected chi connectivity index (χ2v) is 20.5. The van der Waals surface area contributed by atoms with Crippen LogP contribution in [0.5, 0.6) is 0 Å². The van der Waals surface area contributed by atoms with E-state index in [1.165, 1.54) is 0 Å². The first-order valence-electron chi connectivity index (χ1n) is 24.2. The summed E-state index contributed by atoms with van der Waals surface area (Å²) in [5.41, 5.74) is 4.18. The van der Waals surface area contributed by atoms with E-state index in [2.05, 4.69) is 25.4 Å². The Balaban J connectivity index is 0.844. The van der Waals surface area contributed by atoms with Gasteiger partial charge in [0.2, 0.25) is 0 Å². The summed E-state index contributed by atoms with van der Waals surface area (Å²) in [5, 5.41) is 14.1. The van der Waals surface area contributed by atoms with Crippen LogP contribution in [-0.2, 0) is 58.8 Å². The first-order chi connectivity index (χ1) is 30.9. The number of Topliss-reactive ketones (excluding diaryl/α,β-unsaturated/α-hetero) is 1. The van der Waals surface area contributed by atoms with E-state index in [4.69, 9.17) is 47.4 Å². The summed E-state index contributed by atoms with van der Waals surface area (Å²) in [6, 6.07) is 7.81. The number of nitrogens with one attached hydrogen (secondary N) is 1. The Labute approximate surface area is 377 Å². The molecule has 10 aliphatic rings. The summed E-state index contributed by atoms with van der Waals surface area (Å²) in [6.07, 6.45) is 3.46. The molecule has 10 fully saturated rings. The fraction of sp³-hybridized carbons (Fsp3) is 0.760. The zero-order chi connectivity index (χ0) is 44.3. The number of carbonyl (C=O) groups is 2. The zero-order valence-corrected chi connectivity index (χ0v) is 37.8. The van der Waals surface area contributed by atoms with Crippen molar-refractivity contribution < 1.29 is 62.1 Å². The molecule has 1 amide bonds. The molecule has 10 aliphatic heterocycles. The van der Waals surface area contributed by atoms with E-state index >= 15 is 0 Å². The quantitative estimate of drug-likeness (QED) is 0.289. The predicted molar refractivity (Wildman–Crippen MR) is 231 cm³/mol. The van der Waals surface area contributed by atoms with Crippen molar-refractivity contribution in [2.75, 3.05) is 13.7 Å². The maximum absolute atomic E-state index is 14.3. The number of aliphatic hydroxyl groups excluding tert-OH is 1. The highest BCUT2D eigenvalue weighted by atomic mass is 16.8. The molecule has 1 aromatic carbocycles. The SMILES string of the molecule is C=C1C[C@@H]2CC[C@@]34C[C@H]5O[C@H]6[C@@H](O3)[C@H]3O[C@H](CC[C@@H]3O[C@H]6[C@H]5O4)CC(=O)C[C@@H]3[C@@H](OC)[C@@H](C[C@H](O)CCNC(=O)OCc4ccc(C)cc4)O[C@H]3C[C@H]3O[C@@H](CC[C@@H]1O2)C[C@@H](C)C3=C. The number of aliphatic hydroxyl groups is 1. The molecule has 19 atom stereocenters. The molecule has 352 valence electrons. The van der Waals surface area contributed by atoms with Crippen molar-refractivity contribution in [3.63, 3.8) is 0 Å². The molecule has 0 saturated carbocycles. The average molecular weight is 892 g/mol. The molecule has 12 bridgehead atoms. The number of alkyl carbamates (subject to hydrolysis) is 1. The van der Waals surface area contributed by atoms with Gasteiger partial charge in [-0.3, -0.25) is 4.79 Å². The van der Waals surface area contributed by atoms with Gasteiger partial charge < -0.3 is 57.8 Å². The van der Waals surface area contributed by atoms with Crippen molar-refractivity contribution in [1.82, 2.24) is 5.32 Å². The molecular formula is C50H69NO13. The highest BCUT2D eigenvalue weighted by molar-refractivity contribution is 5.79. The van der Waals surface area contributed by atoms with Gasteiger partial charge in [-0.2, -0.15) is 0 Å². The van der Waals surface area contributed by atoms with E-state index < -0.39 is 30.2 Å². The number of methoxy groups -OCH3 is 1. The minimum atomic E-state index is -0.807. The van der Waals surface area contributed by atoms with E-state index in [1.54, 1.807) is 7.11 Å². The van der Waals surface area contributed by atoms with Gasteiger partial charge in [-0.15, -0.1) is 0 Å². The topological polar surface area (TPSA) is 159 Å². The third-order valence-electron chi connectivity index (χ3n) is 15.9. The highest BCUT2D eigenvalue weighted by Gasteiger charge is 2.68. The standard InChI is InChI=1S/C50H69NO13/c1-26-6-8-30(9-7-26)25-56-49(54)51-17-15-31(52)22-41-43(55-5)36-21-32(53)20-34-11-13-38-44(59-34)48-47-46(61-38)45-42(62-47)24-50(63-45,64-48)16-14-35-19-28(3)37(57-35)12-10-33-18-27(2)29(4)39(58-33)23-40(36)60-41/h6-9,27,31,33-48,52H,3-4,10-25H2,1-2,5H3,(H,51,54)/t27-,31-,33+,34-,35+,36+,37+,38+,39-,40+,41-,42-,43-,44+,45+,46+,47-,48+,50+/m1/s1. The normalized spacial score (nSPS) is 44.6. The first-order valence-corrected chi connectivity index (χ1v) is 24.2. The molecule has 64 heavy (non-hydrogen) atoms. The van der Waals surface area contributed by atoms with Crippen molar-refractivity contribution in [2.45, 2.75) is 214 Å². The van der Waals surface area contributed by atoms with E-state index in [0.29, 0.717) is 32.1 Å². The molecule has 0 unspecified atom stereocenters. The van der Waals surface area contributed by atoms with Gasteiger partial charge in [-0.25, -0.2) is 4.79 Å². The average Bonchev–Trinajstić information content (AvgIpc) is 3.95. The lowest BCUT2D eigenvalue weighted by molar-refractivity contribution is -0.292. The predicted octanol–water partition coefficient (Wildman–Crippen LogP) is 6.10. The minimum absolute atomic E-state index is 0.00241. The molecule has 0 radical (unpaired) electrons. The fourth-order valence-corrected chi connectivity index (χ4v) is 12.5. The Morgan fingerprint density at radius 1 is 0.828 bits per heavy atom. The molecule has 14 nitrogen and oxygen atoms in total. The molecule has 10 saturated heterocycles. The van der Waals surface area contributed by atoms with Crippen LogP contribution >= 0.6 is 0 Å². The van der Waals surface area contributed by atoms with Gasteiger partial charge >= 0.3 is 6.09 Å². The van der Waals surface area contributed by atoms with Crippen LogP contribution in [0.25, 0.3) is 0 Å². The lowest BCUT2D eigenvalue weighted by atomic mass is 9.81. The van der Waals surface area contributed by atoms with Crippen LogP contribution in [0.15, 0.2) is 48.6 Å². The van der Waals surface area contributed by atoms with Gasteiger partial charge in [0, 0.05) is 58.1 Å². The monoisotopic (exact) mass is 891 g/mol. The molecule has 1 aromatic rings. The molecule has 0 aliphatic carbocycles. The van der Waals surface area contributed by atoms with Crippen LogP contribution in [0.2, 0.25) is 0 Å². The van der Waals surface area contributed by atoms with Crippen molar-refractivity contribution in [3.05, 3.63) is 59.7 Å². The Morgan fingerprint density at radius 2 is 1.58 bits per heavy atom. The van der Waals surface area contributed by atoms with Gasteiger partial charge in [0.05, 0.1) is 67.1 Å². The summed E-state index contributed by atoms with van der Waals surface area (Å²) in [7, 11) is 1.65. The molecule has 11 rings (SSSR count). The minimum Gasteiger partial charge on any atom is -0.445 e. The van der Waals surface area contributed by atoms with Crippen LogP contribution in [0, 0.1) is 18.8 Å². The number of fused-ring (bicyclic) bond motifs is 6. The van der Waals surface area contributed by atoms with Crippen molar-refractivity contribution in [3.8, 4) is 0 Å². The molecule has 1 spiro atoms. The summed E-state index contributed by atoms with van der Waals surface area (Å²) in [4.78, 5) is 26.8. The number of benzene rings is 1. The Morgan fingerprint density at radius 3 is 2.41 bits per heavy atom. The van der Waals surface area contributed by atoms with E-state index in [0.717, 1.165) is 60.8 Å². The molecule has 14 heteroatoms. The van der Waals surface area contributed by atoms with Crippen LogP contribution in [-0.4, -0.2) is 134 Å². The third kappa shape index (κ3) is 9.27. The molecule has 10 heterocycles. The van der Waals surface area contributed by atoms with Gasteiger partial charge in [0.15, 0.2) is 5.79 Å². The highest BCUT2D eigenvalue weighted by Crippen LogP contribution is 2.54. The number of hydrogen-bond donors (Lipinski definition) is 2. The maximum Gasteiger partial charge on any atom is 0.407 e. The van der Waals surface area contributed by atoms with Crippen molar-refractivity contribution >= 4 is 11.9 Å². The van der Waals surface area contributed by atoms with Crippen LogP contribution in [0.4, 0.5) is 4.79 Å². The van der Waals surface area contributed by atoms with Crippen LogP contribution < -0.4 is 5.32 Å². The molecule has 0 aromatic heterocycles. The largest absolute Gasteiger partial charge is 0.445 e. The lowest BCUT2D eigenvalue weighted by Gasteiger charge is -2.47. The van der Waals surface area contributed by atoms with Gasteiger partial charge in [-0.1, -0.05) is 49.9 Å². The van der Waals surface area contributed by atoms with Crippen molar-refractivity contribution in [1.29, 1.82) is 0 Å². The number of rotatable bonds is 8. The van der Waals surface area contributed by atoms with Gasteiger partial charge in [0.1, 0.15) is 42.9 Å². The van der Waals surface area contributed by atoms with Crippen LogP contribution in [0.3, 0.4) is 0 Å². The Hall–Kier alpha value is -2.76. The summed E-state index contributed by atoms with van der Waals surface area (Å²) >= 11 is 0. The second kappa shape index (κ2) is 18.7. The third-order valence-corrected chi connectivity index (χ3v) is 15.9. The smallest absolute Gasteiger partial charge is 0.407 e. The first kappa shape index (κ1) is 45.0. The number of hydrogen-bond acceptors (Lipinski definition) is 13. The van der Waals surface area contributed by atoms with E-state index in [1.807, 2.05) is 31.2 Å². The number of ether oxygens (including phenoxy) is 10.